The van der Waals surface area contributed by atoms with Gasteiger partial charge in [-0.3, -0.25) is 25.7 Å². The Morgan fingerprint density at radius 2 is 1.78 bits per heavy atom. The molecular formula is C17H16ClN5O8S. The number of hydrazone groups is 1. The number of aromatic hydroxyl groups is 1. The number of nitro groups is 2. The zero-order chi connectivity index (χ0) is 23.5. The van der Waals surface area contributed by atoms with E-state index in [1.165, 1.54) is 22.5 Å². The minimum Gasteiger partial charge on any atom is -0.502 e. The number of hydrogen-bond donors (Lipinski definition) is 2. The molecule has 2 aromatic carbocycles. The average molecular weight is 486 g/mol. The van der Waals surface area contributed by atoms with Gasteiger partial charge < -0.3 is 9.84 Å². The highest BCUT2D eigenvalue weighted by Crippen LogP contribution is 2.33. The maximum absolute atomic E-state index is 12.7. The third-order valence-electron chi connectivity index (χ3n) is 4.44. The second-order valence-corrected chi connectivity index (χ2v) is 8.82. The number of ether oxygens (including phenoxy) is 1. The maximum atomic E-state index is 12.7. The predicted molar refractivity (Wildman–Crippen MR) is 114 cm³/mol. The van der Waals surface area contributed by atoms with Gasteiger partial charge in [-0.25, -0.2) is 8.42 Å². The molecule has 0 aromatic heterocycles. The van der Waals surface area contributed by atoms with Crippen LogP contribution in [0.5, 0.6) is 5.75 Å². The van der Waals surface area contributed by atoms with Crippen molar-refractivity contribution in [2.45, 2.75) is 4.90 Å². The Kier molecular flexibility index (Phi) is 6.88. The molecular weight excluding hydrogens is 470 g/mol. The number of anilines is 1. The summed E-state index contributed by atoms with van der Waals surface area (Å²) >= 11 is 5.80. The van der Waals surface area contributed by atoms with Crippen molar-refractivity contribution in [3.8, 4) is 5.75 Å². The van der Waals surface area contributed by atoms with Crippen LogP contribution in [0.15, 0.2) is 40.3 Å². The molecule has 2 N–H and O–H groups in total. The molecule has 0 aliphatic carbocycles. The lowest BCUT2D eigenvalue weighted by Crippen LogP contribution is -2.40. The summed E-state index contributed by atoms with van der Waals surface area (Å²) in [6.07, 6.45) is 0.982. The predicted octanol–water partition coefficient (Wildman–Crippen LogP) is 2.33. The molecule has 0 atom stereocenters. The molecule has 0 unspecified atom stereocenters. The number of phenolic OH excluding ortho intramolecular Hbond substituents is 1. The zero-order valence-corrected chi connectivity index (χ0v) is 17.7. The lowest BCUT2D eigenvalue weighted by atomic mass is 10.2. The quantitative estimate of drug-likeness (QED) is 0.338. The van der Waals surface area contributed by atoms with Gasteiger partial charge in [0.25, 0.3) is 5.69 Å². The van der Waals surface area contributed by atoms with Gasteiger partial charge >= 0.3 is 5.69 Å². The van der Waals surface area contributed by atoms with Crippen LogP contribution in [0.4, 0.5) is 17.1 Å². The number of rotatable bonds is 7. The summed E-state index contributed by atoms with van der Waals surface area (Å²) < 4.78 is 31.8. The van der Waals surface area contributed by atoms with Crippen LogP contribution in [0.1, 0.15) is 5.56 Å². The number of nitrogens with zero attached hydrogens (tertiary/aromatic N) is 4. The fourth-order valence-electron chi connectivity index (χ4n) is 2.87. The van der Waals surface area contributed by atoms with E-state index in [0.717, 1.165) is 18.3 Å². The summed E-state index contributed by atoms with van der Waals surface area (Å²) in [5, 5.41) is 36.1. The highest BCUT2D eigenvalue weighted by molar-refractivity contribution is 7.89. The Hall–Kier alpha value is -3.33. The van der Waals surface area contributed by atoms with E-state index >= 15 is 0 Å². The highest BCUT2D eigenvalue weighted by atomic mass is 35.5. The minimum atomic E-state index is -3.95. The molecule has 2 aromatic rings. The standard InChI is InChI=1S/C17H16ClN5O8S/c18-12-7-11(17(24)16(8-12)23(27)28)10-19-20-14-2-1-13(9-15(14)22(25)26)32(29,30)21-3-5-31-6-4-21/h1-2,7-10,20,24H,3-6H2/b19-10+. The van der Waals surface area contributed by atoms with Crippen LogP contribution in [0, 0.1) is 20.2 Å². The van der Waals surface area contributed by atoms with Crippen LogP contribution < -0.4 is 5.43 Å². The van der Waals surface area contributed by atoms with Crippen LogP contribution in [-0.2, 0) is 14.8 Å². The molecule has 32 heavy (non-hydrogen) atoms. The van der Waals surface area contributed by atoms with E-state index in [4.69, 9.17) is 16.3 Å². The van der Waals surface area contributed by atoms with Crippen LogP contribution in [-0.4, -0.2) is 60.2 Å². The van der Waals surface area contributed by atoms with Gasteiger partial charge in [-0.15, -0.1) is 0 Å². The summed E-state index contributed by atoms with van der Waals surface area (Å²) in [6.45, 7) is 0.722. The van der Waals surface area contributed by atoms with Crippen molar-refractivity contribution >= 4 is 44.9 Å². The van der Waals surface area contributed by atoms with Gasteiger partial charge in [-0.1, -0.05) is 11.6 Å². The number of phenols is 1. The number of nitro benzene ring substituents is 2. The summed E-state index contributed by atoms with van der Waals surface area (Å²) in [5.41, 5.74) is 0.936. The van der Waals surface area contributed by atoms with Gasteiger partial charge in [-0.2, -0.15) is 9.41 Å². The van der Waals surface area contributed by atoms with E-state index < -0.39 is 37.0 Å². The summed E-state index contributed by atoms with van der Waals surface area (Å²) in [7, 11) is -3.95. The summed E-state index contributed by atoms with van der Waals surface area (Å²) in [4.78, 5) is 20.6. The number of morpholine rings is 1. The van der Waals surface area contributed by atoms with Gasteiger partial charge in [-0.05, 0) is 18.2 Å². The zero-order valence-electron chi connectivity index (χ0n) is 16.2. The van der Waals surface area contributed by atoms with E-state index in [1.807, 2.05) is 0 Å². The molecule has 0 radical (unpaired) electrons. The summed E-state index contributed by atoms with van der Waals surface area (Å²) in [6, 6.07) is 5.44. The largest absolute Gasteiger partial charge is 0.502 e. The van der Waals surface area contributed by atoms with E-state index in [1.54, 1.807) is 0 Å². The Bertz CT molecular complexity index is 1200. The first kappa shape index (κ1) is 23.3. The van der Waals surface area contributed by atoms with Crippen LogP contribution in [0.3, 0.4) is 0 Å². The van der Waals surface area contributed by atoms with Crippen LogP contribution in [0.2, 0.25) is 5.02 Å². The molecule has 0 amide bonds. The first-order valence-corrected chi connectivity index (χ1v) is 10.8. The second-order valence-electron chi connectivity index (χ2n) is 6.44. The monoisotopic (exact) mass is 485 g/mol. The first-order chi connectivity index (χ1) is 15.1. The van der Waals surface area contributed by atoms with Crippen molar-refractivity contribution in [2.24, 2.45) is 5.10 Å². The maximum Gasteiger partial charge on any atom is 0.312 e. The number of halogens is 1. The summed E-state index contributed by atoms with van der Waals surface area (Å²) in [5.74, 6) is -0.689. The fourth-order valence-corrected chi connectivity index (χ4v) is 4.52. The van der Waals surface area contributed by atoms with Crippen molar-refractivity contribution in [1.82, 2.24) is 4.31 Å². The molecule has 15 heteroatoms. The smallest absolute Gasteiger partial charge is 0.312 e. The van der Waals surface area contributed by atoms with Gasteiger partial charge in [0, 0.05) is 35.8 Å². The van der Waals surface area contributed by atoms with Crippen LogP contribution >= 0.6 is 11.6 Å². The Balaban J connectivity index is 1.88. The Labute approximate surface area is 186 Å². The van der Waals surface area contributed by atoms with Crippen molar-refractivity contribution in [3.63, 3.8) is 0 Å². The number of hydrogen-bond acceptors (Lipinski definition) is 10. The van der Waals surface area contributed by atoms with Crippen molar-refractivity contribution in [1.29, 1.82) is 0 Å². The molecule has 0 saturated carbocycles. The SMILES string of the molecule is O=[N+]([O-])c1cc(S(=O)(=O)N2CCOCC2)ccc1N/N=C/c1cc(Cl)cc([N+](=O)[O-])c1O. The fraction of sp³-hybridized carbons (Fsp3) is 0.235. The topological polar surface area (TPSA) is 178 Å². The molecule has 1 aliphatic heterocycles. The minimum absolute atomic E-state index is 0.0281. The molecule has 1 fully saturated rings. The Morgan fingerprint density at radius 3 is 2.41 bits per heavy atom. The van der Waals surface area contributed by atoms with E-state index in [0.29, 0.717) is 0 Å². The number of sulfonamides is 1. The highest BCUT2D eigenvalue weighted by Gasteiger charge is 2.29. The molecule has 0 bridgehead atoms. The lowest BCUT2D eigenvalue weighted by Gasteiger charge is -2.26. The van der Waals surface area contributed by atoms with Gasteiger partial charge in [0.15, 0.2) is 0 Å². The second kappa shape index (κ2) is 9.44. The number of benzene rings is 2. The molecule has 3 rings (SSSR count). The normalized spacial score (nSPS) is 15.0. The van der Waals surface area contributed by atoms with Gasteiger partial charge in [0.1, 0.15) is 5.69 Å². The Morgan fingerprint density at radius 1 is 1.12 bits per heavy atom. The third kappa shape index (κ3) is 4.94. The van der Waals surface area contributed by atoms with Crippen LogP contribution in [0.25, 0.3) is 0 Å². The van der Waals surface area contributed by atoms with Gasteiger partial charge in [0.05, 0.1) is 34.2 Å². The first-order valence-electron chi connectivity index (χ1n) is 8.93. The van der Waals surface area contributed by atoms with E-state index in [9.17, 15) is 33.8 Å². The molecule has 1 heterocycles. The molecule has 0 spiro atoms. The van der Waals surface area contributed by atoms with Crippen molar-refractivity contribution in [2.75, 3.05) is 31.7 Å². The van der Waals surface area contributed by atoms with Crippen molar-refractivity contribution < 1.29 is 28.1 Å². The third-order valence-corrected chi connectivity index (χ3v) is 6.56. The molecule has 1 aliphatic rings. The van der Waals surface area contributed by atoms with E-state index in [2.05, 4.69) is 10.5 Å². The molecule has 170 valence electrons. The molecule has 13 nitrogen and oxygen atoms in total. The van der Waals surface area contributed by atoms with Crippen molar-refractivity contribution in [3.05, 3.63) is 61.1 Å². The molecule has 1 saturated heterocycles. The van der Waals surface area contributed by atoms with Gasteiger partial charge in [0.2, 0.25) is 15.8 Å². The number of nitrogens with one attached hydrogen (secondary N) is 1. The average Bonchev–Trinajstić information content (AvgIpc) is 2.76. The lowest BCUT2D eigenvalue weighted by molar-refractivity contribution is -0.385. The van der Waals surface area contributed by atoms with E-state index in [-0.39, 0.29) is 47.5 Å².